The van der Waals surface area contributed by atoms with Gasteiger partial charge < -0.3 is 5.32 Å². The molecule has 1 heterocycles. The normalized spacial score (nSPS) is 12.1. The van der Waals surface area contributed by atoms with Crippen molar-refractivity contribution in [1.29, 1.82) is 0 Å². The van der Waals surface area contributed by atoms with Crippen LogP contribution in [0.1, 0.15) is 39.7 Å². The summed E-state index contributed by atoms with van der Waals surface area (Å²) in [5.74, 6) is 0. The number of aromatic nitrogens is 1. The summed E-state index contributed by atoms with van der Waals surface area (Å²) in [6, 6.07) is 9.21. The molecule has 18 heavy (non-hydrogen) atoms. The molecule has 0 saturated heterocycles. The second-order valence-corrected chi connectivity index (χ2v) is 4.63. The average Bonchev–Trinajstić information content (AvgIpc) is 2.36. The summed E-state index contributed by atoms with van der Waals surface area (Å²) in [5, 5.41) is 6.02. The van der Waals surface area contributed by atoms with Gasteiger partial charge in [-0.15, -0.1) is 0 Å². The first kappa shape index (κ1) is 14.7. The molecule has 0 bridgehead atoms. The van der Waals surface area contributed by atoms with Crippen LogP contribution in [0.25, 0.3) is 10.8 Å². The molecular formula is C16H24N2. The molecule has 0 radical (unpaired) electrons. The largest absolute Gasteiger partial charge is 0.310 e. The van der Waals surface area contributed by atoms with Crippen molar-refractivity contribution in [2.24, 2.45) is 0 Å². The maximum atomic E-state index is 4.13. The Morgan fingerprint density at radius 2 is 2.06 bits per heavy atom. The fraction of sp³-hybridized carbons (Fsp3) is 0.438. The van der Waals surface area contributed by atoms with Crippen LogP contribution in [0.2, 0.25) is 0 Å². The molecule has 1 aromatic carbocycles. The first-order valence-corrected chi connectivity index (χ1v) is 6.35. The molecule has 2 aromatic rings. The Morgan fingerprint density at radius 1 is 1.22 bits per heavy atom. The van der Waals surface area contributed by atoms with Crippen molar-refractivity contribution in [3.05, 3.63) is 42.2 Å². The lowest BCUT2D eigenvalue weighted by Gasteiger charge is -2.12. The zero-order chi connectivity index (χ0) is 12.1. The highest BCUT2D eigenvalue weighted by molar-refractivity contribution is 5.81. The second kappa shape index (κ2) is 7.12. The van der Waals surface area contributed by atoms with Gasteiger partial charge in [0.15, 0.2) is 0 Å². The number of fused-ring (bicyclic) bond motifs is 1. The Labute approximate surface area is 110 Å². The van der Waals surface area contributed by atoms with Crippen LogP contribution in [0.5, 0.6) is 0 Å². The third kappa shape index (κ3) is 3.81. The fourth-order valence-electron chi connectivity index (χ4n) is 2.07. The van der Waals surface area contributed by atoms with Crippen LogP contribution < -0.4 is 5.32 Å². The molecule has 1 atom stereocenters. The SMILES string of the molecule is C.CCC[C@@H](C)NCc1ccc2cnccc2c1. The van der Waals surface area contributed by atoms with Crippen LogP contribution in [-0.4, -0.2) is 11.0 Å². The van der Waals surface area contributed by atoms with E-state index >= 15 is 0 Å². The molecule has 2 nitrogen and oxygen atoms in total. The van der Waals surface area contributed by atoms with Gasteiger partial charge in [0.25, 0.3) is 0 Å². The van der Waals surface area contributed by atoms with Gasteiger partial charge in [0.2, 0.25) is 0 Å². The van der Waals surface area contributed by atoms with E-state index in [0.29, 0.717) is 6.04 Å². The highest BCUT2D eigenvalue weighted by Crippen LogP contribution is 2.14. The molecule has 0 spiro atoms. The summed E-state index contributed by atoms with van der Waals surface area (Å²) in [6.45, 7) is 5.41. The van der Waals surface area contributed by atoms with E-state index in [-0.39, 0.29) is 7.43 Å². The standard InChI is InChI=1S/C15H20N2.CH4/c1-3-4-12(2)17-10-13-5-6-15-11-16-8-7-14(15)9-13;/h5-9,11-12,17H,3-4,10H2,1-2H3;1H4/t12-;/m1./s1. The molecule has 1 N–H and O–H groups in total. The minimum absolute atomic E-state index is 0. The molecule has 0 fully saturated rings. The first-order valence-electron chi connectivity index (χ1n) is 6.35. The van der Waals surface area contributed by atoms with Gasteiger partial charge in [-0.05, 0) is 36.4 Å². The van der Waals surface area contributed by atoms with Crippen molar-refractivity contribution < 1.29 is 0 Å². The molecule has 98 valence electrons. The van der Waals surface area contributed by atoms with Crippen molar-refractivity contribution in [2.75, 3.05) is 0 Å². The number of hydrogen-bond acceptors (Lipinski definition) is 2. The van der Waals surface area contributed by atoms with Gasteiger partial charge in [0.1, 0.15) is 0 Å². The van der Waals surface area contributed by atoms with Gasteiger partial charge in [-0.25, -0.2) is 0 Å². The Kier molecular flexibility index (Phi) is 5.79. The Morgan fingerprint density at radius 3 is 2.83 bits per heavy atom. The van der Waals surface area contributed by atoms with Gasteiger partial charge >= 0.3 is 0 Å². The highest BCUT2D eigenvalue weighted by Gasteiger charge is 2.00. The van der Waals surface area contributed by atoms with Gasteiger partial charge in [-0.3, -0.25) is 4.98 Å². The smallest absolute Gasteiger partial charge is 0.0346 e. The summed E-state index contributed by atoms with van der Waals surface area (Å²) < 4.78 is 0. The van der Waals surface area contributed by atoms with Crippen molar-refractivity contribution in [3.8, 4) is 0 Å². The summed E-state index contributed by atoms with van der Waals surface area (Å²) in [7, 11) is 0. The lowest BCUT2D eigenvalue weighted by Crippen LogP contribution is -2.24. The minimum Gasteiger partial charge on any atom is -0.310 e. The van der Waals surface area contributed by atoms with E-state index in [2.05, 4.69) is 48.4 Å². The molecule has 0 amide bonds. The summed E-state index contributed by atoms with van der Waals surface area (Å²) in [5.41, 5.74) is 1.34. The highest BCUT2D eigenvalue weighted by atomic mass is 14.9. The molecule has 1 aromatic heterocycles. The second-order valence-electron chi connectivity index (χ2n) is 4.63. The van der Waals surface area contributed by atoms with Crippen molar-refractivity contribution in [2.45, 2.75) is 46.7 Å². The molecular weight excluding hydrogens is 220 g/mol. The predicted molar refractivity (Wildman–Crippen MR) is 79.7 cm³/mol. The molecule has 0 aliphatic rings. The maximum absolute atomic E-state index is 4.13. The topological polar surface area (TPSA) is 24.9 Å². The van der Waals surface area contributed by atoms with E-state index in [1.54, 1.807) is 0 Å². The van der Waals surface area contributed by atoms with Crippen molar-refractivity contribution in [1.82, 2.24) is 10.3 Å². The monoisotopic (exact) mass is 244 g/mol. The minimum atomic E-state index is 0. The zero-order valence-corrected chi connectivity index (χ0v) is 10.6. The fourth-order valence-corrected chi connectivity index (χ4v) is 2.07. The summed E-state index contributed by atoms with van der Waals surface area (Å²) in [4.78, 5) is 4.13. The van der Waals surface area contributed by atoms with Crippen molar-refractivity contribution >= 4 is 10.8 Å². The van der Waals surface area contributed by atoms with Crippen LogP contribution in [-0.2, 0) is 6.54 Å². The van der Waals surface area contributed by atoms with E-state index in [1.165, 1.54) is 29.2 Å². The Bertz CT molecular complexity index is 479. The number of hydrogen-bond donors (Lipinski definition) is 1. The number of nitrogens with one attached hydrogen (secondary N) is 1. The average molecular weight is 244 g/mol. The summed E-state index contributed by atoms with van der Waals surface area (Å²) >= 11 is 0. The van der Waals surface area contributed by atoms with E-state index in [1.807, 2.05) is 12.4 Å². The summed E-state index contributed by atoms with van der Waals surface area (Å²) in [6.07, 6.45) is 6.22. The number of nitrogens with zero attached hydrogens (tertiary/aromatic N) is 1. The van der Waals surface area contributed by atoms with Crippen LogP contribution >= 0.6 is 0 Å². The molecule has 0 aliphatic heterocycles. The Hall–Kier alpha value is -1.41. The van der Waals surface area contributed by atoms with E-state index < -0.39 is 0 Å². The van der Waals surface area contributed by atoms with E-state index in [0.717, 1.165) is 6.54 Å². The quantitative estimate of drug-likeness (QED) is 0.854. The third-order valence-corrected chi connectivity index (χ3v) is 3.08. The third-order valence-electron chi connectivity index (χ3n) is 3.08. The van der Waals surface area contributed by atoms with Crippen LogP contribution in [0.3, 0.4) is 0 Å². The molecule has 2 heteroatoms. The van der Waals surface area contributed by atoms with E-state index in [9.17, 15) is 0 Å². The number of rotatable bonds is 5. The molecule has 0 aliphatic carbocycles. The van der Waals surface area contributed by atoms with Crippen LogP contribution in [0, 0.1) is 0 Å². The molecule has 2 rings (SSSR count). The lowest BCUT2D eigenvalue weighted by molar-refractivity contribution is 0.508. The van der Waals surface area contributed by atoms with Crippen molar-refractivity contribution in [3.63, 3.8) is 0 Å². The van der Waals surface area contributed by atoms with Crippen LogP contribution in [0.15, 0.2) is 36.7 Å². The predicted octanol–water partition coefficient (Wildman–Crippen LogP) is 4.15. The molecule has 0 unspecified atom stereocenters. The van der Waals surface area contributed by atoms with Gasteiger partial charge in [0.05, 0.1) is 0 Å². The lowest BCUT2D eigenvalue weighted by atomic mass is 10.1. The maximum Gasteiger partial charge on any atom is 0.0346 e. The number of pyridine rings is 1. The van der Waals surface area contributed by atoms with Gasteiger partial charge in [-0.2, -0.15) is 0 Å². The van der Waals surface area contributed by atoms with Gasteiger partial charge in [0, 0.05) is 30.4 Å². The Balaban J connectivity index is 0.00000162. The van der Waals surface area contributed by atoms with Crippen LogP contribution in [0.4, 0.5) is 0 Å². The first-order chi connectivity index (χ1) is 8.29. The number of benzene rings is 1. The van der Waals surface area contributed by atoms with Gasteiger partial charge in [-0.1, -0.05) is 32.9 Å². The molecule has 0 saturated carbocycles. The zero-order valence-electron chi connectivity index (χ0n) is 10.6. The van der Waals surface area contributed by atoms with E-state index in [4.69, 9.17) is 0 Å².